The fourth-order valence-corrected chi connectivity index (χ4v) is 1.41. The van der Waals surface area contributed by atoms with E-state index in [1.54, 1.807) is 0 Å². The molecule has 3 heteroatoms. The van der Waals surface area contributed by atoms with E-state index >= 15 is 0 Å². The maximum Gasteiger partial charge on any atom is 0.407 e. The highest BCUT2D eigenvalue weighted by atomic mass is 16.5. The number of nitrogens with one attached hydrogen (secondary N) is 1. The summed E-state index contributed by atoms with van der Waals surface area (Å²) in [5.41, 5.74) is 0.987. The van der Waals surface area contributed by atoms with Gasteiger partial charge in [0.1, 0.15) is 6.61 Å². The molecule has 0 bridgehead atoms. The van der Waals surface area contributed by atoms with E-state index in [1.165, 1.54) is 0 Å². The number of ether oxygens (including phenoxy) is 1. The van der Waals surface area contributed by atoms with E-state index in [0.717, 1.165) is 18.4 Å². The van der Waals surface area contributed by atoms with Crippen LogP contribution in [0.5, 0.6) is 0 Å². The Labute approximate surface area is 102 Å². The summed E-state index contributed by atoms with van der Waals surface area (Å²) in [5.74, 6) is 0. The van der Waals surface area contributed by atoms with E-state index < -0.39 is 0 Å². The molecule has 0 saturated heterocycles. The zero-order valence-electron chi connectivity index (χ0n) is 10.2. The van der Waals surface area contributed by atoms with Gasteiger partial charge >= 0.3 is 6.09 Å². The van der Waals surface area contributed by atoms with Gasteiger partial charge in [0.2, 0.25) is 0 Å². The van der Waals surface area contributed by atoms with Gasteiger partial charge in [-0.2, -0.15) is 0 Å². The molecule has 1 aromatic rings. The van der Waals surface area contributed by atoms with E-state index in [-0.39, 0.29) is 12.1 Å². The molecule has 0 aliphatic carbocycles. The predicted octanol–water partition coefficient (Wildman–Crippen LogP) is 3.27. The van der Waals surface area contributed by atoms with Gasteiger partial charge in [0.15, 0.2) is 0 Å². The summed E-state index contributed by atoms with van der Waals surface area (Å²) in [7, 11) is 0. The number of hydrogen-bond acceptors (Lipinski definition) is 2. The molecule has 0 aromatic heterocycles. The van der Waals surface area contributed by atoms with E-state index in [1.807, 2.05) is 43.3 Å². The fourth-order valence-electron chi connectivity index (χ4n) is 1.41. The first-order valence-corrected chi connectivity index (χ1v) is 5.80. The minimum atomic E-state index is -0.370. The third kappa shape index (κ3) is 5.76. The Balaban J connectivity index is 2.23. The van der Waals surface area contributed by atoms with E-state index in [9.17, 15) is 4.79 Å². The Hall–Kier alpha value is -1.77. The molecule has 1 amide bonds. The van der Waals surface area contributed by atoms with Gasteiger partial charge in [-0.25, -0.2) is 4.79 Å². The van der Waals surface area contributed by atoms with Gasteiger partial charge in [-0.05, 0) is 25.3 Å². The zero-order chi connectivity index (χ0) is 12.5. The number of benzene rings is 1. The van der Waals surface area contributed by atoms with Crippen LogP contribution in [-0.4, -0.2) is 12.1 Å². The van der Waals surface area contributed by atoms with Crippen molar-refractivity contribution in [3.8, 4) is 0 Å². The largest absolute Gasteiger partial charge is 0.445 e. The molecule has 0 aliphatic heterocycles. The van der Waals surface area contributed by atoms with Crippen LogP contribution < -0.4 is 5.32 Å². The van der Waals surface area contributed by atoms with Crippen molar-refractivity contribution in [2.24, 2.45) is 0 Å². The quantitative estimate of drug-likeness (QED) is 0.766. The SMILES string of the molecule is C=CCC[C@@H](C)NC(=O)OCc1ccccc1. The summed E-state index contributed by atoms with van der Waals surface area (Å²) < 4.78 is 5.10. The lowest BCUT2D eigenvalue weighted by Gasteiger charge is -2.12. The monoisotopic (exact) mass is 233 g/mol. The molecule has 92 valence electrons. The fraction of sp³-hybridized carbons (Fsp3) is 0.357. The second-order valence-corrected chi connectivity index (χ2v) is 3.97. The Morgan fingerprint density at radius 3 is 2.82 bits per heavy atom. The maximum atomic E-state index is 11.4. The van der Waals surface area contributed by atoms with Gasteiger partial charge in [-0.1, -0.05) is 36.4 Å². The summed E-state index contributed by atoms with van der Waals surface area (Å²) in [5, 5.41) is 2.78. The van der Waals surface area contributed by atoms with E-state index in [4.69, 9.17) is 4.74 Å². The second kappa shape index (κ2) is 7.49. The number of alkyl carbamates (subject to hydrolysis) is 1. The van der Waals surface area contributed by atoms with Crippen LogP contribution in [0.4, 0.5) is 4.79 Å². The molecule has 0 unspecified atom stereocenters. The summed E-state index contributed by atoms with van der Waals surface area (Å²) in [6, 6.07) is 9.73. The van der Waals surface area contributed by atoms with Crippen molar-refractivity contribution >= 4 is 6.09 Å². The summed E-state index contributed by atoms with van der Waals surface area (Å²) >= 11 is 0. The highest BCUT2D eigenvalue weighted by molar-refractivity contribution is 5.67. The van der Waals surface area contributed by atoms with Crippen LogP contribution in [0.1, 0.15) is 25.3 Å². The van der Waals surface area contributed by atoms with Crippen molar-refractivity contribution in [1.29, 1.82) is 0 Å². The van der Waals surface area contributed by atoms with Crippen LogP contribution in [0, 0.1) is 0 Å². The van der Waals surface area contributed by atoms with Crippen LogP contribution in [0.15, 0.2) is 43.0 Å². The van der Waals surface area contributed by atoms with E-state index in [2.05, 4.69) is 11.9 Å². The summed E-state index contributed by atoms with van der Waals surface area (Å²) in [4.78, 5) is 11.4. The molecule has 0 spiro atoms. The molecule has 1 aromatic carbocycles. The Bertz CT molecular complexity index is 348. The molecule has 0 heterocycles. The molecular formula is C14H19NO2. The number of allylic oxidation sites excluding steroid dienone is 1. The first kappa shape index (κ1) is 13.3. The molecular weight excluding hydrogens is 214 g/mol. The smallest absolute Gasteiger partial charge is 0.407 e. The van der Waals surface area contributed by atoms with Gasteiger partial charge in [0.25, 0.3) is 0 Å². The Morgan fingerprint density at radius 2 is 2.18 bits per heavy atom. The standard InChI is InChI=1S/C14H19NO2/c1-3-4-8-12(2)15-14(16)17-11-13-9-6-5-7-10-13/h3,5-7,9-10,12H,1,4,8,11H2,2H3,(H,15,16)/t12-/m1/s1. The average Bonchev–Trinajstić information content (AvgIpc) is 2.35. The molecule has 0 radical (unpaired) electrons. The highest BCUT2D eigenvalue weighted by Crippen LogP contribution is 2.02. The van der Waals surface area contributed by atoms with Gasteiger partial charge < -0.3 is 10.1 Å². The van der Waals surface area contributed by atoms with Gasteiger partial charge in [0.05, 0.1) is 0 Å². The molecule has 1 N–H and O–H groups in total. The predicted molar refractivity (Wildman–Crippen MR) is 68.7 cm³/mol. The Kier molecular flexibility index (Phi) is 5.86. The number of carbonyl (C=O) groups excluding carboxylic acids is 1. The molecule has 3 nitrogen and oxygen atoms in total. The molecule has 0 aliphatic rings. The summed E-state index contributed by atoms with van der Waals surface area (Å²) in [6.45, 7) is 5.90. The number of carbonyl (C=O) groups is 1. The van der Waals surface area contributed by atoms with Crippen LogP contribution in [0.2, 0.25) is 0 Å². The lowest BCUT2D eigenvalue weighted by molar-refractivity contribution is 0.136. The average molecular weight is 233 g/mol. The number of rotatable bonds is 6. The van der Waals surface area contributed by atoms with Crippen LogP contribution in [0.3, 0.4) is 0 Å². The van der Waals surface area contributed by atoms with Crippen LogP contribution >= 0.6 is 0 Å². The minimum absolute atomic E-state index is 0.108. The van der Waals surface area contributed by atoms with Gasteiger partial charge in [-0.3, -0.25) is 0 Å². The zero-order valence-corrected chi connectivity index (χ0v) is 10.2. The normalized spacial score (nSPS) is 11.6. The summed E-state index contributed by atoms with van der Waals surface area (Å²) in [6.07, 6.45) is 3.24. The second-order valence-electron chi connectivity index (χ2n) is 3.97. The number of hydrogen-bond donors (Lipinski definition) is 1. The number of amides is 1. The van der Waals surface area contributed by atoms with Gasteiger partial charge in [0, 0.05) is 6.04 Å². The topological polar surface area (TPSA) is 38.3 Å². The van der Waals surface area contributed by atoms with Gasteiger partial charge in [-0.15, -0.1) is 6.58 Å². The lowest BCUT2D eigenvalue weighted by atomic mass is 10.2. The molecule has 17 heavy (non-hydrogen) atoms. The van der Waals surface area contributed by atoms with Crippen molar-refractivity contribution in [3.05, 3.63) is 48.6 Å². The lowest BCUT2D eigenvalue weighted by Crippen LogP contribution is -2.32. The molecule has 0 fully saturated rings. The van der Waals surface area contributed by atoms with Crippen LogP contribution in [0.25, 0.3) is 0 Å². The highest BCUT2D eigenvalue weighted by Gasteiger charge is 2.07. The van der Waals surface area contributed by atoms with Crippen LogP contribution in [-0.2, 0) is 11.3 Å². The van der Waals surface area contributed by atoms with Crippen molar-refractivity contribution in [2.45, 2.75) is 32.4 Å². The molecule has 1 atom stereocenters. The first-order chi connectivity index (χ1) is 8.22. The first-order valence-electron chi connectivity index (χ1n) is 5.80. The van der Waals surface area contributed by atoms with Crippen molar-refractivity contribution < 1.29 is 9.53 Å². The third-order valence-corrected chi connectivity index (χ3v) is 2.38. The molecule has 0 saturated carbocycles. The maximum absolute atomic E-state index is 11.4. The van der Waals surface area contributed by atoms with E-state index in [0.29, 0.717) is 6.61 Å². The van der Waals surface area contributed by atoms with Crippen molar-refractivity contribution in [1.82, 2.24) is 5.32 Å². The third-order valence-electron chi connectivity index (χ3n) is 2.38. The minimum Gasteiger partial charge on any atom is -0.445 e. The van der Waals surface area contributed by atoms with Crippen molar-refractivity contribution in [3.63, 3.8) is 0 Å². The molecule has 1 rings (SSSR count). The van der Waals surface area contributed by atoms with Crippen molar-refractivity contribution in [2.75, 3.05) is 0 Å². The Morgan fingerprint density at radius 1 is 1.47 bits per heavy atom.